The zero-order valence-corrected chi connectivity index (χ0v) is 11.1. The average Bonchev–Trinajstić information content (AvgIpc) is 2.98. The van der Waals surface area contributed by atoms with E-state index in [4.69, 9.17) is 4.52 Å². The van der Waals surface area contributed by atoms with E-state index in [-0.39, 0.29) is 6.04 Å². The van der Waals surface area contributed by atoms with Gasteiger partial charge in [-0.2, -0.15) is 4.98 Å². The highest BCUT2D eigenvalue weighted by molar-refractivity contribution is 5.58. The van der Waals surface area contributed by atoms with Gasteiger partial charge in [-0.1, -0.05) is 18.5 Å². The topological polar surface area (TPSA) is 63.8 Å². The Morgan fingerprint density at radius 1 is 1.42 bits per heavy atom. The Bertz CT molecular complexity index is 546. The third-order valence-corrected chi connectivity index (χ3v) is 3.58. The van der Waals surface area contributed by atoms with Crippen LogP contribution in [-0.4, -0.2) is 21.7 Å². The lowest BCUT2D eigenvalue weighted by molar-refractivity contribution is 0.297. The first kappa shape index (κ1) is 12.3. The highest BCUT2D eigenvalue weighted by Crippen LogP contribution is 2.25. The van der Waals surface area contributed by atoms with Crippen LogP contribution in [0.3, 0.4) is 0 Å². The predicted molar refractivity (Wildman–Crippen MR) is 71.5 cm³/mol. The molecule has 0 amide bonds. The quantitative estimate of drug-likeness (QED) is 0.916. The van der Waals surface area contributed by atoms with Crippen molar-refractivity contribution < 1.29 is 4.52 Å². The second-order valence-electron chi connectivity index (χ2n) is 4.85. The van der Waals surface area contributed by atoms with Gasteiger partial charge in [0.25, 0.3) is 0 Å². The summed E-state index contributed by atoms with van der Waals surface area (Å²) in [6.45, 7) is 3.13. The molecule has 1 N–H and O–H groups in total. The Balaban J connectivity index is 1.88. The zero-order chi connectivity index (χ0) is 13.1. The minimum atomic E-state index is 0.210. The molecule has 19 heavy (non-hydrogen) atoms. The monoisotopic (exact) mass is 258 g/mol. The fourth-order valence-corrected chi connectivity index (χ4v) is 2.48. The van der Waals surface area contributed by atoms with E-state index in [1.54, 1.807) is 6.20 Å². The van der Waals surface area contributed by atoms with Gasteiger partial charge in [-0.05, 0) is 37.4 Å². The number of nitrogens with zero attached hydrogens (tertiary/aromatic N) is 3. The van der Waals surface area contributed by atoms with E-state index < -0.39 is 0 Å². The van der Waals surface area contributed by atoms with Crippen molar-refractivity contribution in [3.8, 4) is 11.4 Å². The second-order valence-corrected chi connectivity index (χ2v) is 4.85. The molecule has 2 aromatic heterocycles. The molecule has 0 saturated carbocycles. The molecule has 2 aromatic rings. The van der Waals surface area contributed by atoms with Crippen LogP contribution in [0.1, 0.15) is 43.7 Å². The van der Waals surface area contributed by atoms with Crippen molar-refractivity contribution in [2.45, 2.75) is 38.6 Å². The Morgan fingerprint density at radius 3 is 3.16 bits per heavy atom. The van der Waals surface area contributed by atoms with Crippen LogP contribution in [0, 0.1) is 0 Å². The highest BCUT2D eigenvalue weighted by Gasteiger charge is 2.21. The van der Waals surface area contributed by atoms with Crippen molar-refractivity contribution >= 4 is 0 Å². The SMILES string of the molecule is CCc1cnccc1-c1noc([C@H]2CCCCN2)n1. The number of nitrogens with one attached hydrogen (secondary N) is 1. The van der Waals surface area contributed by atoms with Crippen LogP contribution < -0.4 is 5.32 Å². The van der Waals surface area contributed by atoms with Crippen LogP contribution in [0.15, 0.2) is 23.0 Å². The number of aromatic nitrogens is 3. The van der Waals surface area contributed by atoms with Crippen molar-refractivity contribution in [1.82, 2.24) is 20.4 Å². The fourth-order valence-electron chi connectivity index (χ4n) is 2.48. The zero-order valence-electron chi connectivity index (χ0n) is 11.1. The Kier molecular flexibility index (Phi) is 3.55. The fraction of sp³-hybridized carbons (Fsp3) is 0.500. The number of pyridine rings is 1. The molecule has 0 aromatic carbocycles. The standard InChI is InChI=1S/C14H18N4O/c1-2-10-9-15-8-6-11(10)13-17-14(19-18-13)12-5-3-4-7-16-12/h6,8-9,12,16H,2-5,7H2,1H3/t12-/m1/s1. The van der Waals surface area contributed by atoms with Gasteiger partial charge in [0, 0.05) is 18.0 Å². The molecule has 1 aliphatic rings. The molecule has 1 fully saturated rings. The summed E-state index contributed by atoms with van der Waals surface area (Å²) < 4.78 is 5.41. The normalized spacial score (nSPS) is 19.5. The minimum Gasteiger partial charge on any atom is -0.337 e. The van der Waals surface area contributed by atoms with Crippen molar-refractivity contribution in [2.24, 2.45) is 0 Å². The molecule has 3 rings (SSSR count). The lowest BCUT2D eigenvalue weighted by Crippen LogP contribution is -2.26. The van der Waals surface area contributed by atoms with Gasteiger partial charge < -0.3 is 9.84 Å². The molecule has 0 unspecified atom stereocenters. The largest absolute Gasteiger partial charge is 0.337 e. The second kappa shape index (κ2) is 5.48. The number of aryl methyl sites for hydroxylation is 1. The van der Waals surface area contributed by atoms with Gasteiger partial charge in [0.1, 0.15) is 0 Å². The number of hydrogen-bond acceptors (Lipinski definition) is 5. The van der Waals surface area contributed by atoms with E-state index in [2.05, 4.69) is 27.4 Å². The van der Waals surface area contributed by atoms with E-state index in [1.807, 2.05) is 12.3 Å². The summed E-state index contributed by atoms with van der Waals surface area (Å²) in [5, 5.41) is 7.54. The smallest absolute Gasteiger partial charge is 0.244 e. The van der Waals surface area contributed by atoms with Crippen LogP contribution in [0.2, 0.25) is 0 Å². The molecule has 5 heteroatoms. The lowest BCUT2D eigenvalue weighted by Gasteiger charge is -2.19. The first-order valence-electron chi connectivity index (χ1n) is 6.88. The molecule has 3 heterocycles. The third-order valence-electron chi connectivity index (χ3n) is 3.58. The van der Waals surface area contributed by atoms with E-state index in [9.17, 15) is 0 Å². The van der Waals surface area contributed by atoms with Crippen LogP contribution in [-0.2, 0) is 6.42 Å². The van der Waals surface area contributed by atoms with Crippen LogP contribution in [0.5, 0.6) is 0 Å². The van der Waals surface area contributed by atoms with E-state index >= 15 is 0 Å². The Labute approximate surface area is 112 Å². The molecule has 1 aliphatic heterocycles. The maximum Gasteiger partial charge on any atom is 0.244 e. The molecule has 0 radical (unpaired) electrons. The van der Waals surface area contributed by atoms with Crippen LogP contribution in [0.4, 0.5) is 0 Å². The van der Waals surface area contributed by atoms with Crippen molar-refractivity contribution in [1.29, 1.82) is 0 Å². The van der Waals surface area contributed by atoms with Gasteiger partial charge >= 0.3 is 0 Å². The average molecular weight is 258 g/mol. The van der Waals surface area contributed by atoms with Gasteiger partial charge in [0.2, 0.25) is 11.7 Å². The van der Waals surface area contributed by atoms with Gasteiger partial charge in [-0.15, -0.1) is 0 Å². The maximum atomic E-state index is 5.41. The summed E-state index contributed by atoms with van der Waals surface area (Å²) in [5.41, 5.74) is 2.16. The molecule has 0 bridgehead atoms. The Hall–Kier alpha value is -1.75. The number of hydrogen-bond donors (Lipinski definition) is 1. The lowest BCUT2D eigenvalue weighted by atomic mass is 10.1. The molecular formula is C14H18N4O. The highest BCUT2D eigenvalue weighted by atomic mass is 16.5. The molecule has 0 aliphatic carbocycles. The summed E-state index contributed by atoms with van der Waals surface area (Å²) >= 11 is 0. The first-order valence-corrected chi connectivity index (χ1v) is 6.88. The molecule has 100 valence electrons. The maximum absolute atomic E-state index is 5.41. The van der Waals surface area contributed by atoms with Crippen molar-refractivity contribution in [2.75, 3.05) is 6.54 Å². The number of piperidine rings is 1. The summed E-state index contributed by atoms with van der Waals surface area (Å²) in [4.78, 5) is 8.68. The molecular weight excluding hydrogens is 240 g/mol. The summed E-state index contributed by atoms with van der Waals surface area (Å²) in [5.74, 6) is 1.37. The summed E-state index contributed by atoms with van der Waals surface area (Å²) in [6, 6.07) is 2.16. The van der Waals surface area contributed by atoms with Gasteiger partial charge in [-0.25, -0.2) is 0 Å². The van der Waals surface area contributed by atoms with Gasteiger partial charge in [-0.3, -0.25) is 4.98 Å². The molecule has 5 nitrogen and oxygen atoms in total. The van der Waals surface area contributed by atoms with Gasteiger partial charge in [0.15, 0.2) is 0 Å². The third kappa shape index (κ3) is 2.51. The molecule has 1 atom stereocenters. The molecule has 1 saturated heterocycles. The van der Waals surface area contributed by atoms with Gasteiger partial charge in [0.05, 0.1) is 6.04 Å². The van der Waals surface area contributed by atoms with Crippen molar-refractivity contribution in [3.05, 3.63) is 29.9 Å². The predicted octanol–water partition coefficient (Wildman–Crippen LogP) is 2.51. The van der Waals surface area contributed by atoms with Crippen LogP contribution >= 0.6 is 0 Å². The van der Waals surface area contributed by atoms with E-state index in [1.165, 1.54) is 12.8 Å². The van der Waals surface area contributed by atoms with Crippen LogP contribution in [0.25, 0.3) is 11.4 Å². The Morgan fingerprint density at radius 2 is 2.37 bits per heavy atom. The molecule has 0 spiro atoms. The number of rotatable bonds is 3. The van der Waals surface area contributed by atoms with E-state index in [0.717, 1.165) is 30.5 Å². The summed E-state index contributed by atoms with van der Waals surface area (Å²) in [6.07, 6.45) is 8.05. The minimum absolute atomic E-state index is 0.210. The summed E-state index contributed by atoms with van der Waals surface area (Å²) in [7, 11) is 0. The first-order chi connectivity index (χ1) is 9.38. The van der Waals surface area contributed by atoms with E-state index in [0.29, 0.717) is 11.7 Å². The van der Waals surface area contributed by atoms with Crippen molar-refractivity contribution in [3.63, 3.8) is 0 Å².